The molecular weight excluding hydrogens is 914 g/mol. The maximum atomic E-state index is 14.9. The summed E-state index contributed by atoms with van der Waals surface area (Å²) < 4.78 is 14.3. The summed E-state index contributed by atoms with van der Waals surface area (Å²) in [6.45, 7) is 3.70. The van der Waals surface area contributed by atoms with Crippen LogP contribution in [0.2, 0.25) is 0 Å². The SMILES string of the molecule is O=C(Nc1ccc(CN(Cc2ccc(NC(=O)[C@@H]3C[C@@H]4CCC56CCCCN5[C@H](c5ccccc5)C(=O)N3[C@H]46)cc2)c2ccc(F)cc2)cc1)[C@@H]1C[C@@H]2CCC[C@@H]2N1C(=O)[C@@H](c1ccccc1)N1CCCCC1.[HH].[HH]. The zero-order valence-corrected chi connectivity index (χ0v) is 41.8. The second-order valence-corrected chi connectivity index (χ2v) is 22.2. The second-order valence-electron chi connectivity index (χ2n) is 22.2. The molecule has 5 aromatic carbocycles. The number of fused-ring (bicyclic) bond motifs is 1. The van der Waals surface area contributed by atoms with Crippen molar-refractivity contribution in [2.45, 2.75) is 138 Å². The number of halogens is 1. The van der Waals surface area contributed by atoms with E-state index < -0.39 is 18.1 Å². The third-order valence-corrected chi connectivity index (χ3v) is 18.0. The van der Waals surface area contributed by atoms with E-state index in [1.807, 2.05) is 94.7 Å². The van der Waals surface area contributed by atoms with Crippen molar-refractivity contribution in [1.29, 1.82) is 0 Å². The molecule has 5 aromatic rings. The summed E-state index contributed by atoms with van der Waals surface area (Å²) >= 11 is 0. The van der Waals surface area contributed by atoms with Crippen LogP contribution in [-0.4, -0.2) is 92.6 Å². The summed E-state index contributed by atoms with van der Waals surface area (Å²) in [5.74, 6) is 0.168. The van der Waals surface area contributed by atoms with Crippen molar-refractivity contribution in [3.63, 3.8) is 0 Å². The van der Waals surface area contributed by atoms with E-state index >= 15 is 0 Å². The highest BCUT2D eigenvalue weighted by atomic mass is 19.1. The molecule has 2 saturated carbocycles. The maximum Gasteiger partial charge on any atom is 0.247 e. The van der Waals surface area contributed by atoms with Crippen LogP contribution < -0.4 is 15.5 Å². The van der Waals surface area contributed by atoms with Crippen molar-refractivity contribution in [3.8, 4) is 0 Å². The van der Waals surface area contributed by atoms with Gasteiger partial charge in [-0.1, -0.05) is 104 Å². The van der Waals surface area contributed by atoms with E-state index in [9.17, 15) is 23.6 Å². The lowest BCUT2D eigenvalue weighted by molar-refractivity contribution is -0.165. The van der Waals surface area contributed by atoms with Crippen LogP contribution >= 0.6 is 0 Å². The summed E-state index contributed by atoms with van der Waals surface area (Å²) in [5.41, 5.74) is 6.15. The maximum absolute atomic E-state index is 14.9. The smallest absolute Gasteiger partial charge is 0.247 e. The number of anilines is 3. The molecule has 5 saturated heterocycles. The largest absolute Gasteiger partial charge is 0.363 e. The normalized spacial score (nSPS) is 28.0. The first-order valence-corrected chi connectivity index (χ1v) is 27.3. The van der Waals surface area contributed by atoms with Crippen LogP contribution in [0.5, 0.6) is 0 Å². The fraction of sp³-hybridized carbons (Fsp3) is 0.443. The molecule has 4 amide bonds. The number of carbonyl (C=O) groups excluding carboxylic acids is 4. The van der Waals surface area contributed by atoms with Crippen molar-refractivity contribution < 1.29 is 26.4 Å². The fourth-order valence-electron chi connectivity index (χ4n) is 14.8. The Balaban J connectivity index is 0.00000321. The van der Waals surface area contributed by atoms with Crippen molar-refractivity contribution in [2.75, 3.05) is 35.2 Å². The van der Waals surface area contributed by atoms with Crippen LogP contribution in [0.4, 0.5) is 21.5 Å². The summed E-state index contributed by atoms with van der Waals surface area (Å²) in [4.78, 5) is 69.2. The van der Waals surface area contributed by atoms with Crippen molar-refractivity contribution >= 4 is 40.7 Å². The van der Waals surface area contributed by atoms with E-state index in [0.29, 0.717) is 49.1 Å². The first kappa shape index (κ1) is 47.6. The molecule has 7 aliphatic rings. The Morgan fingerprint density at radius 1 is 0.644 bits per heavy atom. The minimum absolute atomic E-state index is 0. The Kier molecular flexibility index (Phi) is 13.1. The molecule has 12 heteroatoms. The lowest BCUT2D eigenvalue weighted by Crippen LogP contribution is -2.70. The molecule has 1 unspecified atom stereocenters. The average Bonchev–Trinajstić information content (AvgIpc) is 4.22. The summed E-state index contributed by atoms with van der Waals surface area (Å²) in [7, 11) is 0. The highest BCUT2D eigenvalue weighted by Gasteiger charge is 2.67. The van der Waals surface area contributed by atoms with Crippen LogP contribution in [-0.2, 0) is 32.3 Å². The average molecular weight is 986 g/mol. The number of hydrogen-bond acceptors (Lipinski definition) is 7. The molecule has 1 spiro atoms. The molecule has 9 atom stereocenters. The summed E-state index contributed by atoms with van der Waals surface area (Å²) in [6, 6.07) is 40.9. The van der Waals surface area contributed by atoms with Gasteiger partial charge >= 0.3 is 0 Å². The quantitative estimate of drug-likeness (QED) is 0.121. The number of benzene rings is 5. The van der Waals surface area contributed by atoms with Gasteiger partial charge in [0, 0.05) is 44.6 Å². The molecule has 2 aliphatic carbocycles. The lowest BCUT2D eigenvalue weighted by atomic mass is 9.76. The van der Waals surface area contributed by atoms with E-state index in [1.54, 1.807) is 12.1 Å². The van der Waals surface area contributed by atoms with Gasteiger partial charge in [0.25, 0.3) is 0 Å². The number of amides is 4. The zero-order chi connectivity index (χ0) is 49.6. The number of nitrogens with one attached hydrogen (secondary N) is 2. The Labute approximate surface area is 432 Å². The Morgan fingerprint density at radius 3 is 1.93 bits per heavy atom. The van der Waals surface area contributed by atoms with E-state index in [0.717, 1.165) is 112 Å². The molecule has 5 heterocycles. The van der Waals surface area contributed by atoms with E-state index in [4.69, 9.17) is 0 Å². The molecule has 73 heavy (non-hydrogen) atoms. The Morgan fingerprint density at radius 2 is 1.26 bits per heavy atom. The predicted octanol–water partition coefficient (Wildman–Crippen LogP) is 10.8. The van der Waals surface area contributed by atoms with Crippen LogP contribution in [0.1, 0.15) is 121 Å². The van der Waals surface area contributed by atoms with Gasteiger partial charge in [0.15, 0.2) is 0 Å². The second kappa shape index (κ2) is 20.2. The third-order valence-electron chi connectivity index (χ3n) is 18.0. The highest BCUT2D eigenvalue weighted by Crippen LogP contribution is 2.58. The van der Waals surface area contributed by atoms with E-state index in [1.165, 1.54) is 18.6 Å². The van der Waals surface area contributed by atoms with Crippen LogP contribution in [0, 0.1) is 17.7 Å². The molecular formula is C61H72FN7O4. The number of hydrogen-bond donors (Lipinski definition) is 2. The van der Waals surface area contributed by atoms with Gasteiger partial charge in [-0.25, -0.2) is 4.39 Å². The first-order chi connectivity index (χ1) is 35.7. The molecule has 5 aliphatic heterocycles. The monoisotopic (exact) mass is 986 g/mol. The topological polar surface area (TPSA) is 109 Å². The minimum Gasteiger partial charge on any atom is -0.363 e. The summed E-state index contributed by atoms with van der Waals surface area (Å²) in [5, 5.41) is 6.41. The Bertz CT molecular complexity index is 2800. The van der Waals surface area contributed by atoms with Gasteiger partial charge in [0.2, 0.25) is 23.6 Å². The summed E-state index contributed by atoms with van der Waals surface area (Å²) in [6.07, 6.45) is 13.1. The minimum atomic E-state index is -0.536. The van der Waals surface area contributed by atoms with Crippen molar-refractivity contribution in [1.82, 2.24) is 19.6 Å². The van der Waals surface area contributed by atoms with Gasteiger partial charge in [-0.15, -0.1) is 0 Å². The molecule has 0 bridgehead atoms. The van der Waals surface area contributed by atoms with Gasteiger partial charge in [0.1, 0.15) is 30.0 Å². The number of rotatable bonds is 13. The number of carbonyl (C=O) groups is 4. The van der Waals surface area contributed by atoms with E-state index in [2.05, 4.69) is 49.6 Å². The lowest BCUT2D eigenvalue weighted by Gasteiger charge is -2.58. The highest BCUT2D eigenvalue weighted by molar-refractivity contribution is 6.00. The van der Waals surface area contributed by atoms with E-state index in [-0.39, 0.29) is 56.0 Å². The fourth-order valence-corrected chi connectivity index (χ4v) is 14.8. The van der Waals surface area contributed by atoms with Crippen molar-refractivity contribution in [2.24, 2.45) is 11.8 Å². The van der Waals surface area contributed by atoms with Crippen LogP contribution in [0.25, 0.3) is 0 Å². The zero-order valence-electron chi connectivity index (χ0n) is 41.8. The number of piperazine rings is 1. The van der Waals surface area contributed by atoms with Gasteiger partial charge in [-0.3, -0.25) is 29.0 Å². The number of likely N-dealkylation sites (tertiary alicyclic amines) is 2. The van der Waals surface area contributed by atoms with Crippen molar-refractivity contribution in [3.05, 3.63) is 162 Å². The molecule has 0 aromatic heterocycles. The molecule has 382 valence electrons. The molecule has 12 rings (SSSR count). The first-order valence-electron chi connectivity index (χ1n) is 27.3. The van der Waals surface area contributed by atoms with Crippen LogP contribution in [0.15, 0.2) is 133 Å². The number of piperidine rings is 2. The van der Waals surface area contributed by atoms with Crippen LogP contribution in [0.3, 0.4) is 0 Å². The Hall–Kier alpha value is -6.37. The molecule has 11 nitrogen and oxygen atoms in total. The van der Waals surface area contributed by atoms with Gasteiger partial charge in [0.05, 0.1) is 6.04 Å². The standard InChI is InChI=1S/C61H68FN7O4.2H2/c62-47-23-29-50(30-24-47)66(39-41-19-25-48(26-20-41)63-57(70)52-37-45-17-12-18-51(45)68(52)59(72)54(43-13-4-1-5-14-43)65-34-9-3-10-35-65)40-42-21-27-49(28-22-42)64-58(71)53-38-46-31-33-61-32-8-11-36-67(61)55(44-15-6-2-7-16-44)60(73)69(53)56(46)61;;/h1-2,4-7,13-16,19-30,45-46,51-56H,3,8-12,17-18,31-40H2,(H,63,70)(H,64,71);2*1H/t45-,46-,51-,52-,53-,54+,55+,56+,61?;;/m0../s1. The van der Waals surface area contributed by atoms with Gasteiger partial charge in [-0.2, -0.15) is 0 Å². The van der Waals surface area contributed by atoms with Gasteiger partial charge < -0.3 is 25.3 Å². The number of nitrogens with zero attached hydrogens (tertiary/aromatic N) is 5. The third kappa shape index (κ3) is 9.02. The molecule has 0 radical (unpaired) electrons. The predicted molar refractivity (Wildman–Crippen MR) is 286 cm³/mol. The van der Waals surface area contributed by atoms with Gasteiger partial charge in [-0.05, 0) is 166 Å². The molecule has 7 fully saturated rings. The molecule has 2 N–H and O–H groups in total.